The Kier molecular flexibility index (Phi) is 18.3. The maximum absolute atomic E-state index is 10.4. The summed E-state index contributed by atoms with van der Waals surface area (Å²) in [6.45, 7) is 2.24. The first-order valence-corrected chi connectivity index (χ1v) is 6.33. The Bertz CT molecular complexity index is 140. The van der Waals surface area contributed by atoms with Crippen molar-refractivity contribution in [1.82, 2.24) is 0 Å². The predicted molar refractivity (Wildman–Crippen MR) is 69.9 cm³/mol. The Morgan fingerprint density at radius 3 is 1.67 bits per heavy atom. The summed E-state index contributed by atoms with van der Waals surface area (Å²) in [5.74, 6) is 0. The molecule has 0 aromatic rings. The van der Waals surface area contributed by atoms with E-state index in [0.29, 0.717) is 6.42 Å². The van der Waals surface area contributed by atoms with Crippen LogP contribution in [-0.2, 0) is 4.79 Å². The standard InChI is InChI=1S/C12H23ClO.Na.H/c1-2-3-4-5-6-7-8-9-10-11-12(13)14;;/h2-11H2,1H3;;. The van der Waals surface area contributed by atoms with E-state index in [2.05, 4.69) is 6.92 Å². The van der Waals surface area contributed by atoms with E-state index in [1.807, 2.05) is 0 Å². The zero-order valence-electron chi connectivity index (χ0n) is 9.36. The molecule has 0 bridgehead atoms. The van der Waals surface area contributed by atoms with Crippen molar-refractivity contribution in [3.05, 3.63) is 0 Å². The predicted octanol–water partition coefficient (Wildman–Crippen LogP) is 4.02. The molecule has 0 aliphatic heterocycles. The molecule has 0 aliphatic rings. The first kappa shape index (κ1) is 18.3. The van der Waals surface area contributed by atoms with Gasteiger partial charge in [0.05, 0.1) is 0 Å². The number of carbonyl (C=O) groups excluding carboxylic acids is 1. The first-order chi connectivity index (χ1) is 6.77. The second-order valence-electron chi connectivity index (χ2n) is 3.93. The second kappa shape index (κ2) is 15.0. The molecule has 0 N–H and O–H groups in total. The molecule has 1 nitrogen and oxygen atoms in total. The minimum absolute atomic E-state index is 0. The van der Waals surface area contributed by atoms with E-state index in [1.165, 1.54) is 44.9 Å². The molecule has 0 unspecified atom stereocenters. The van der Waals surface area contributed by atoms with E-state index < -0.39 is 0 Å². The monoisotopic (exact) mass is 242 g/mol. The van der Waals surface area contributed by atoms with Gasteiger partial charge < -0.3 is 0 Å². The molecule has 0 amide bonds. The van der Waals surface area contributed by atoms with Gasteiger partial charge in [-0.3, -0.25) is 4.79 Å². The van der Waals surface area contributed by atoms with Crippen LogP contribution in [0.5, 0.6) is 0 Å². The van der Waals surface area contributed by atoms with E-state index in [-0.39, 0.29) is 34.8 Å². The van der Waals surface area contributed by atoms with Crippen molar-refractivity contribution in [3.8, 4) is 0 Å². The number of halogens is 1. The Labute approximate surface area is 122 Å². The van der Waals surface area contributed by atoms with Gasteiger partial charge in [0, 0.05) is 6.42 Å². The summed E-state index contributed by atoms with van der Waals surface area (Å²) in [7, 11) is 0. The van der Waals surface area contributed by atoms with Crippen LogP contribution in [0.4, 0.5) is 0 Å². The van der Waals surface area contributed by atoms with Gasteiger partial charge in [0.2, 0.25) is 5.24 Å². The summed E-state index contributed by atoms with van der Waals surface area (Å²) in [4.78, 5) is 10.4. The summed E-state index contributed by atoms with van der Waals surface area (Å²) >= 11 is 5.24. The number of hydrogen-bond donors (Lipinski definition) is 0. The molecule has 0 aliphatic carbocycles. The average Bonchev–Trinajstić information content (AvgIpc) is 2.15. The third-order valence-electron chi connectivity index (χ3n) is 2.48. The van der Waals surface area contributed by atoms with Crippen LogP contribution >= 0.6 is 11.6 Å². The van der Waals surface area contributed by atoms with Gasteiger partial charge in [0.1, 0.15) is 0 Å². The van der Waals surface area contributed by atoms with Gasteiger partial charge in [-0.25, -0.2) is 0 Å². The van der Waals surface area contributed by atoms with Crippen molar-refractivity contribution in [2.75, 3.05) is 0 Å². The molecule has 0 heterocycles. The van der Waals surface area contributed by atoms with Crippen molar-refractivity contribution < 1.29 is 4.79 Å². The van der Waals surface area contributed by atoms with Crippen LogP contribution in [0.1, 0.15) is 71.1 Å². The molecule has 0 rings (SSSR count). The number of hydrogen-bond acceptors (Lipinski definition) is 1. The van der Waals surface area contributed by atoms with Crippen LogP contribution in [0.15, 0.2) is 0 Å². The normalized spacial score (nSPS) is 9.73. The van der Waals surface area contributed by atoms with Crippen LogP contribution in [0, 0.1) is 0 Å². The van der Waals surface area contributed by atoms with Crippen molar-refractivity contribution in [2.45, 2.75) is 71.1 Å². The van der Waals surface area contributed by atoms with Crippen molar-refractivity contribution in [1.29, 1.82) is 0 Å². The third kappa shape index (κ3) is 17.6. The van der Waals surface area contributed by atoms with Crippen LogP contribution in [0.25, 0.3) is 0 Å². The van der Waals surface area contributed by atoms with Crippen LogP contribution < -0.4 is 0 Å². The molecular weight excluding hydrogens is 219 g/mol. The van der Waals surface area contributed by atoms with Gasteiger partial charge in [-0.1, -0.05) is 58.3 Å². The van der Waals surface area contributed by atoms with Crippen molar-refractivity contribution in [2.24, 2.45) is 0 Å². The maximum atomic E-state index is 10.4. The summed E-state index contributed by atoms with van der Waals surface area (Å²) < 4.78 is 0. The Morgan fingerprint density at radius 2 is 1.27 bits per heavy atom. The summed E-state index contributed by atoms with van der Waals surface area (Å²) in [5, 5.41) is -0.187. The number of rotatable bonds is 10. The van der Waals surface area contributed by atoms with Gasteiger partial charge in [-0.05, 0) is 18.0 Å². The van der Waals surface area contributed by atoms with Crippen molar-refractivity contribution >= 4 is 46.4 Å². The number of unbranched alkanes of at least 4 members (excludes halogenated alkanes) is 8. The van der Waals surface area contributed by atoms with Gasteiger partial charge in [-0.15, -0.1) is 0 Å². The Morgan fingerprint density at radius 1 is 0.867 bits per heavy atom. The Hall–Kier alpha value is 0.960. The molecule has 15 heavy (non-hydrogen) atoms. The van der Waals surface area contributed by atoms with Gasteiger partial charge in [0.25, 0.3) is 0 Å². The Balaban J connectivity index is 0. The second-order valence-corrected chi connectivity index (χ2v) is 4.36. The minimum atomic E-state index is -0.187. The first-order valence-electron chi connectivity index (χ1n) is 5.95. The van der Waals surface area contributed by atoms with Crippen LogP contribution in [-0.4, -0.2) is 34.8 Å². The molecular formula is C12H24ClNaO. The molecule has 0 spiro atoms. The average molecular weight is 243 g/mol. The van der Waals surface area contributed by atoms with Gasteiger partial charge in [0.15, 0.2) is 0 Å². The number of carbonyl (C=O) groups is 1. The van der Waals surface area contributed by atoms with Gasteiger partial charge >= 0.3 is 29.6 Å². The summed E-state index contributed by atoms with van der Waals surface area (Å²) in [5.41, 5.74) is 0. The molecule has 0 fully saturated rings. The SMILES string of the molecule is CCCCCCCCCCCC(=O)Cl.[NaH]. The molecule has 0 atom stereocenters. The molecule has 0 aromatic carbocycles. The van der Waals surface area contributed by atoms with Crippen LogP contribution in [0.2, 0.25) is 0 Å². The molecule has 0 saturated heterocycles. The summed E-state index contributed by atoms with van der Waals surface area (Å²) in [6.07, 6.45) is 12.1. The van der Waals surface area contributed by atoms with E-state index in [1.54, 1.807) is 0 Å². The van der Waals surface area contributed by atoms with E-state index in [4.69, 9.17) is 11.6 Å². The van der Waals surface area contributed by atoms with Gasteiger partial charge in [-0.2, -0.15) is 0 Å². The topological polar surface area (TPSA) is 17.1 Å². The fourth-order valence-electron chi connectivity index (χ4n) is 1.57. The fraction of sp³-hybridized carbons (Fsp3) is 0.917. The van der Waals surface area contributed by atoms with E-state index >= 15 is 0 Å². The molecule has 86 valence electrons. The van der Waals surface area contributed by atoms with E-state index in [9.17, 15) is 4.79 Å². The van der Waals surface area contributed by atoms with Crippen molar-refractivity contribution in [3.63, 3.8) is 0 Å². The third-order valence-corrected chi connectivity index (χ3v) is 2.67. The fourth-order valence-corrected chi connectivity index (χ4v) is 1.71. The van der Waals surface area contributed by atoms with E-state index in [0.717, 1.165) is 12.8 Å². The zero-order chi connectivity index (χ0) is 10.6. The quantitative estimate of drug-likeness (QED) is 0.321. The van der Waals surface area contributed by atoms with Crippen LogP contribution in [0.3, 0.4) is 0 Å². The summed E-state index contributed by atoms with van der Waals surface area (Å²) in [6, 6.07) is 0. The zero-order valence-corrected chi connectivity index (χ0v) is 10.1. The molecule has 0 aromatic heterocycles. The molecule has 0 radical (unpaired) electrons. The molecule has 0 saturated carbocycles. The molecule has 3 heteroatoms.